The van der Waals surface area contributed by atoms with Gasteiger partial charge in [-0.05, 0) is 37.3 Å². The van der Waals surface area contributed by atoms with Crippen LogP contribution >= 0.6 is 0 Å². The number of nitrogens with one attached hydrogen (secondary N) is 1. The van der Waals surface area contributed by atoms with Gasteiger partial charge in [-0.25, -0.2) is 4.79 Å². The summed E-state index contributed by atoms with van der Waals surface area (Å²) in [7, 11) is 1.35. The average molecular weight is 265 g/mol. The Bertz CT molecular complexity index is 450. The second kappa shape index (κ2) is 5.37. The van der Waals surface area contributed by atoms with Crippen molar-refractivity contribution in [2.45, 2.75) is 52.1 Å². The van der Waals surface area contributed by atoms with Gasteiger partial charge in [0.2, 0.25) is 5.76 Å². The summed E-state index contributed by atoms with van der Waals surface area (Å²) in [5.74, 6) is 0.611. The molecule has 1 aliphatic carbocycles. The Morgan fingerprint density at radius 1 is 1.53 bits per heavy atom. The topological polar surface area (TPSA) is 51.5 Å². The molecule has 0 saturated heterocycles. The van der Waals surface area contributed by atoms with Crippen LogP contribution in [0, 0.1) is 5.41 Å². The minimum absolute atomic E-state index is 0.0979. The predicted molar refractivity (Wildman–Crippen MR) is 73.0 cm³/mol. The smallest absolute Gasteiger partial charge is 0.373 e. The molecule has 0 aliphatic heterocycles. The van der Waals surface area contributed by atoms with E-state index in [1.165, 1.54) is 26.4 Å². The molecule has 0 radical (unpaired) electrons. The third-order valence-electron chi connectivity index (χ3n) is 4.15. The molecular weight excluding hydrogens is 242 g/mol. The van der Waals surface area contributed by atoms with E-state index in [1.807, 2.05) is 6.07 Å². The third-order valence-corrected chi connectivity index (χ3v) is 4.15. The molecule has 4 heteroatoms. The molecular formula is C15H23NO3. The number of ether oxygens (including phenoxy) is 1. The molecule has 1 fully saturated rings. The lowest BCUT2D eigenvalue weighted by Crippen LogP contribution is -2.39. The van der Waals surface area contributed by atoms with E-state index in [1.54, 1.807) is 6.07 Å². The molecule has 106 valence electrons. The molecule has 1 saturated carbocycles. The summed E-state index contributed by atoms with van der Waals surface area (Å²) in [5.41, 5.74) is 0.325. The van der Waals surface area contributed by atoms with Crippen LogP contribution in [0.15, 0.2) is 16.5 Å². The fourth-order valence-corrected chi connectivity index (χ4v) is 2.82. The van der Waals surface area contributed by atoms with E-state index in [0.29, 0.717) is 11.5 Å². The van der Waals surface area contributed by atoms with E-state index in [9.17, 15) is 4.79 Å². The van der Waals surface area contributed by atoms with Gasteiger partial charge in [0.05, 0.1) is 13.2 Å². The maximum absolute atomic E-state index is 11.4. The predicted octanol–water partition coefficient (Wildman–Crippen LogP) is 3.30. The van der Waals surface area contributed by atoms with Crippen molar-refractivity contribution < 1.29 is 13.9 Å². The highest BCUT2D eigenvalue weighted by Crippen LogP contribution is 2.38. The van der Waals surface area contributed by atoms with Gasteiger partial charge in [0.15, 0.2) is 0 Å². The van der Waals surface area contributed by atoms with Gasteiger partial charge < -0.3 is 14.5 Å². The molecule has 0 amide bonds. The number of rotatable bonds is 4. The molecule has 1 N–H and O–H groups in total. The standard InChI is InChI=1S/C15H23NO3/c1-10(16-13-6-5-9-15(13,2)3)11-7-8-12(19-11)14(17)18-4/h7-8,10,13,16H,5-6,9H2,1-4H3. The molecule has 2 rings (SSSR count). The first-order chi connectivity index (χ1) is 8.94. The van der Waals surface area contributed by atoms with Crippen LogP contribution in [0.3, 0.4) is 0 Å². The van der Waals surface area contributed by atoms with Crippen LogP contribution in [-0.2, 0) is 4.74 Å². The van der Waals surface area contributed by atoms with Crippen molar-refractivity contribution in [1.82, 2.24) is 5.32 Å². The van der Waals surface area contributed by atoms with Crippen molar-refractivity contribution in [3.8, 4) is 0 Å². The van der Waals surface area contributed by atoms with Crippen LogP contribution in [0.2, 0.25) is 0 Å². The largest absolute Gasteiger partial charge is 0.463 e. The molecule has 0 bridgehead atoms. The zero-order chi connectivity index (χ0) is 14.0. The summed E-state index contributed by atoms with van der Waals surface area (Å²) < 4.78 is 10.2. The van der Waals surface area contributed by atoms with Gasteiger partial charge >= 0.3 is 5.97 Å². The first-order valence-corrected chi connectivity index (χ1v) is 6.88. The number of methoxy groups -OCH3 is 1. The lowest BCUT2D eigenvalue weighted by molar-refractivity contribution is 0.0561. The minimum atomic E-state index is -0.431. The first kappa shape index (κ1) is 14.1. The minimum Gasteiger partial charge on any atom is -0.463 e. The molecule has 4 nitrogen and oxygen atoms in total. The second-order valence-corrected chi connectivity index (χ2v) is 6.02. The quantitative estimate of drug-likeness (QED) is 0.849. The maximum Gasteiger partial charge on any atom is 0.373 e. The fraction of sp³-hybridized carbons (Fsp3) is 0.667. The first-order valence-electron chi connectivity index (χ1n) is 6.88. The van der Waals surface area contributed by atoms with E-state index in [2.05, 4.69) is 30.8 Å². The normalized spacial score (nSPS) is 23.3. The summed E-state index contributed by atoms with van der Waals surface area (Å²) in [5, 5.41) is 3.61. The van der Waals surface area contributed by atoms with Crippen LogP contribution in [0.5, 0.6) is 0 Å². The number of hydrogen-bond donors (Lipinski definition) is 1. The van der Waals surface area contributed by atoms with Crippen molar-refractivity contribution in [2.75, 3.05) is 7.11 Å². The molecule has 2 unspecified atom stereocenters. The fourth-order valence-electron chi connectivity index (χ4n) is 2.82. The Kier molecular flexibility index (Phi) is 3.99. The lowest BCUT2D eigenvalue weighted by atomic mass is 9.87. The van der Waals surface area contributed by atoms with Gasteiger partial charge in [-0.15, -0.1) is 0 Å². The van der Waals surface area contributed by atoms with Gasteiger partial charge in [-0.2, -0.15) is 0 Å². The number of carbonyl (C=O) groups is 1. The van der Waals surface area contributed by atoms with Gasteiger partial charge in [0.1, 0.15) is 5.76 Å². The maximum atomic E-state index is 11.4. The van der Waals surface area contributed by atoms with E-state index in [-0.39, 0.29) is 11.8 Å². The zero-order valence-corrected chi connectivity index (χ0v) is 12.2. The SMILES string of the molecule is COC(=O)c1ccc(C(C)NC2CCCC2(C)C)o1. The van der Waals surface area contributed by atoms with Crippen molar-refractivity contribution >= 4 is 5.97 Å². The summed E-state index contributed by atoms with van der Waals surface area (Å²) in [6, 6.07) is 4.10. The molecule has 0 aromatic carbocycles. The molecule has 19 heavy (non-hydrogen) atoms. The molecule has 1 aromatic heterocycles. The van der Waals surface area contributed by atoms with Crippen LogP contribution in [0.4, 0.5) is 0 Å². The number of hydrogen-bond acceptors (Lipinski definition) is 4. The number of furan rings is 1. The van der Waals surface area contributed by atoms with Gasteiger partial charge in [-0.1, -0.05) is 20.3 Å². The highest BCUT2D eigenvalue weighted by atomic mass is 16.5. The summed E-state index contributed by atoms with van der Waals surface area (Å²) >= 11 is 0. The molecule has 1 aromatic rings. The Balaban J connectivity index is 2.02. The van der Waals surface area contributed by atoms with Crippen molar-refractivity contribution in [1.29, 1.82) is 0 Å². The van der Waals surface area contributed by atoms with E-state index in [0.717, 1.165) is 5.76 Å². The Morgan fingerprint density at radius 2 is 2.26 bits per heavy atom. The molecule has 1 aliphatic rings. The highest BCUT2D eigenvalue weighted by molar-refractivity contribution is 5.86. The summed E-state index contributed by atoms with van der Waals surface area (Å²) in [4.78, 5) is 11.4. The number of esters is 1. The third kappa shape index (κ3) is 3.00. The second-order valence-electron chi connectivity index (χ2n) is 6.02. The van der Waals surface area contributed by atoms with Gasteiger partial charge in [-0.3, -0.25) is 0 Å². The van der Waals surface area contributed by atoms with Gasteiger partial charge in [0, 0.05) is 6.04 Å². The lowest BCUT2D eigenvalue weighted by Gasteiger charge is -2.30. The Labute approximate surface area is 114 Å². The Hall–Kier alpha value is -1.29. The molecule has 1 heterocycles. The Morgan fingerprint density at radius 3 is 2.84 bits per heavy atom. The van der Waals surface area contributed by atoms with E-state index >= 15 is 0 Å². The van der Waals surface area contributed by atoms with Crippen molar-refractivity contribution in [3.63, 3.8) is 0 Å². The van der Waals surface area contributed by atoms with Crippen molar-refractivity contribution in [2.24, 2.45) is 5.41 Å². The van der Waals surface area contributed by atoms with E-state index < -0.39 is 5.97 Å². The van der Waals surface area contributed by atoms with Gasteiger partial charge in [0.25, 0.3) is 0 Å². The zero-order valence-electron chi connectivity index (χ0n) is 12.2. The van der Waals surface area contributed by atoms with Crippen LogP contribution in [0.25, 0.3) is 0 Å². The van der Waals surface area contributed by atoms with Crippen molar-refractivity contribution in [3.05, 3.63) is 23.7 Å². The van der Waals surface area contributed by atoms with Crippen LogP contribution < -0.4 is 5.32 Å². The average Bonchev–Trinajstić information content (AvgIpc) is 2.96. The van der Waals surface area contributed by atoms with Crippen LogP contribution in [-0.4, -0.2) is 19.1 Å². The summed E-state index contributed by atoms with van der Waals surface area (Å²) in [6.45, 7) is 6.66. The molecule has 2 atom stereocenters. The van der Waals surface area contributed by atoms with Crippen LogP contribution in [0.1, 0.15) is 62.4 Å². The van der Waals surface area contributed by atoms with E-state index in [4.69, 9.17) is 4.42 Å². The monoisotopic (exact) mass is 265 g/mol. The highest BCUT2D eigenvalue weighted by Gasteiger charge is 2.35. The number of carbonyl (C=O) groups excluding carboxylic acids is 1. The summed E-state index contributed by atoms with van der Waals surface area (Å²) in [6.07, 6.45) is 3.72. The molecule has 0 spiro atoms.